The molecule has 166 valence electrons. The summed E-state index contributed by atoms with van der Waals surface area (Å²) in [5, 5.41) is 24.3. The number of halogens is 1. The van der Waals surface area contributed by atoms with Crippen molar-refractivity contribution in [1.82, 2.24) is 9.88 Å². The maximum atomic E-state index is 9.84. The van der Waals surface area contributed by atoms with E-state index in [1.165, 1.54) is 0 Å². The Morgan fingerprint density at radius 1 is 1.28 bits per heavy atom. The van der Waals surface area contributed by atoms with E-state index in [0.29, 0.717) is 29.4 Å². The third-order valence-electron chi connectivity index (χ3n) is 6.09. The van der Waals surface area contributed by atoms with Gasteiger partial charge in [0.2, 0.25) is 0 Å². The van der Waals surface area contributed by atoms with Gasteiger partial charge < -0.3 is 15.2 Å². The van der Waals surface area contributed by atoms with Crippen molar-refractivity contribution in [3.8, 4) is 11.8 Å². The zero-order chi connectivity index (χ0) is 22.5. The van der Waals surface area contributed by atoms with Crippen LogP contribution >= 0.6 is 11.6 Å². The monoisotopic (exact) mass is 450 g/mol. The van der Waals surface area contributed by atoms with E-state index in [1.54, 1.807) is 13.2 Å². The normalized spacial score (nSPS) is 16.6. The number of aliphatic hydroxyl groups excluding tert-OH is 1. The van der Waals surface area contributed by atoms with Crippen LogP contribution in [0.15, 0.2) is 42.6 Å². The van der Waals surface area contributed by atoms with Gasteiger partial charge in [0.25, 0.3) is 0 Å². The first kappa shape index (κ1) is 22.3. The lowest BCUT2D eigenvalue weighted by Gasteiger charge is -2.35. The summed E-state index contributed by atoms with van der Waals surface area (Å²) in [5.41, 5.74) is 4.46. The highest BCUT2D eigenvalue weighted by molar-refractivity contribution is 6.32. The first-order valence-corrected chi connectivity index (χ1v) is 11.2. The van der Waals surface area contributed by atoms with Crippen LogP contribution in [-0.2, 0) is 13.1 Å². The zero-order valence-corrected chi connectivity index (χ0v) is 18.9. The summed E-state index contributed by atoms with van der Waals surface area (Å²) in [5.74, 6) is 0.643. The van der Waals surface area contributed by atoms with Gasteiger partial charge in [-0.1, -0.05) is 24.1 Å². The minimum atomic E-state index is 0.159. The van der Waals surface area contributed by atoms with E-state index in [1.807, 2.05) is 36.5 Å². The molecular formula is C25H27ClN4O2. The molecule has 0 spiro atoms. The molecule has 0 aliphatic carbocycles. The van der Waals surface area contributed by atoms with Crippen molar-refractivity contribution in [1.29, 1.82) is 5.26 Å². The van der Waals surface area contributed by atoms with Gasteiger partial charge in [0.15, 0.2) is 0 Å². The second-order valence-corrected chi connectivity index (χ2v) is 8.53. The predicted octanol–water partition coefficient (Wildman–Crippen LogP) is 4.73. The molecule has 1 aliphatic heterocycles. The van der Waals surface area contributed by atoms with Gasteiger partial charge >= 0.3 is 0 Å². The van der Waals surface area contributed by atoms with Crippen LogP contribution in [0.4, 0.5) is 5.69 Å². The zero-order valence-electron chi connectivity index (χ0n) is 18.1. The SMILES string of the molecule is COc1ccc(CNc2c(CN3CCCCC3CO)cnc3ccc(C#N)cc23)cc1Cl. The summed E-state index contributed by atoms with van der Waals surface area (Å²) < 4.78 is 5.25. The summed E-state index contributed by atoms with van der Waals surface area (Å²) >= 11 is 6.31. The lowest BCUT2D eigenvalue weighted by atomic mass is 10.0. The van der Waals surface area contributed by atoms with Gasteiger partial charge in [-0.3, -0.25) is 9.88 Å². The number of nitrogens with one attached hydrogen (secondary N) is 1. The van der Waals surface area contributed by atoms with E-state index in [-0.39, 0.29) is 12.6 Å². The number of piperidine rings is 1. The fourth-order valence-corrected chi connectivity index (χ4v) is 4.62. The lowest BCUT2D eigenvalue weighted by Crippen LogP contribution is -2.41. The number of likely N-dealkylation sites (tertiary alicyclic amines) is 1. The summed E-state index contributed by atoms with van der Waals surface area (Å²) in [6.45, 7) is 2.37. The van der Waals surface area contributed by atoms with E-state index < -0.39 is 0 Å². The van der Waals surface area contributed by atoms with Crippen molar-refractivity contribution >= 4 is 28.2 Å². The largest absolute Gasteiger partial charge is 0.495 e. The molecule has 0 radical (unpaired) electrons. The number of aliphatic hydroxyl groups is 1. The van der Waals surface area contributed by atoms with E-state index in [4.69, 9.17) is 16.3 Å². The lowest BCUT2D eigenvalue weighted by molar-refractivity contribution is 0.0842. The van der Waals surface area contributed by atoms with Crippen LogP contribution in [0.3, 0.4) is 0 Å². The number of benzene rings is 2. The Kier molecular flexibility index (Phi) is 7.11. The Balaban J connectivity index is 1.69. The number of nitrogens with zero attached hydrogens (tertiary/aromatic N) is 3. The minimum Gasteiger partial charge on any atom is -0.495 e. The maximum absolute atomic E-state index is 9.84. The summed E-state index contributed by atoms with van der Waals surface area (Å²) in [6.07, 6.45) is 5.18. The number of anilines is 1. The Morgan fingerprint density at radius 2 is 2.16 bits per heavy atom. The summed E-state index contributed by atoms with van der Waals surface area (Å²) in [4.78, 5) is 6.98. The average molecular weight is 451 g/mol. The Bertz CT molecular complexity index is 1140. The van der Waals surface area contributed by atoms with Crippen LogP contribution in [0.2, 0.25) is 5.02 Å². The van der Waals surface area contributed by atoms with Gasteiger partial charge in [-0.2, -0.15) is 5.26 Å². The number of pyridine rings is 1. The molecule has 1 fully saturated rings. The molecule has 3 aromatic rings. The first-order valence-electron chi connectivity index (χ1n) is 10.9. The van der Waals surface area contributed by atoms with Crippen LogP contribution < -0.4 is 10.1 Å². The van der Waals surface area contributed by atoms with Crippen molar-refractivity contribution in [2.75, 3.05) is 25.6 Å². The Labute approximate surface area is 193 Å². The second kappa shape index (κ2) is 10.2. The van der Waals surface area contributed by atoms with E-state index in [0.717, 1.165) is 53.5 Å². The number of aromatic nitrogens is 1. The van der Waals surface area contributed by atoms with Crippen molar-refractivity contribution in [3.63, 3.8) is 0 Å². The molecule has 2 aromatic carbocycles. The standard InChI is InChI=1S/C25H27ClN4O2/c1-32-24-8-6-18(11-22(24)26)13-29-25-19(15-30-9-3-2-4-20(30)16-31)14-28-23-7-5-17(12-27)10-21(23)25/h5-8,10-11,14,20,31H,2-4,9,13,15-16H2,1H3,(H,28,29). The molecule has 7 heteroatoms. The molecule has 1 saturated heterocycles. The van der Waals surface area contributed by atoms with Gasteiger partial charge in [0, 0.05) is 42.0 Å². The molecular weight excluding hydrogens is 424 g/mol. The highest BCUT2D eigenvalue weighted by Gasteiger charge is 2.23. The molecule has 4 rings (SSSR count). The molecule has 1 aliphatic rings. The van der Waals surface area contributed by atoms with Crippen molar-refractivity contribution < 1.29 is 9.84 Å². The molecule has 1 atom stereocenters. The number of hydrogen-bond donors (Lipinski definition) is 2. The highest BCUT2D eigenvalue weighted by Crippen LogP contribution is 2.31. The number of fused-ring (bicyclic) bond motifs is 1. The summed E-state index contributed by atoms with van der Waals surface area (Å²) in [7, 11) is 1.60. The molecule has 32 heavy (non-hydrogen) atoms. The summed E-state index contributed by atoms with van der Waals surface area (Å²) in [6, 6.07) is 13.7. The topological polar surface area (TPSA) is 81.4 Å². The molecule has 6 nitrogen and oxygen atoms in total. The number of nitriles is 1. The van der Waals surface area contributed by atoms with E-state index in [9.17, 15) is 10.4 Å². The van der Waals surface area contributed by atoms with Gasteiger partial charge in [0.05, 0.1) is 35.9 Å². The van der Waals surface area contributed by atoms with Crippen LogP contribution in [0.5, 0.6) is 5.75 Å². The quantitative estimate of drug-likeness (QED) is 0.541. The smallest absolute Gasteiger partial charge is 0.137 e. The van der Waals surface area contributed by atoms with Crippen LogP contribution in [-0.4, -0.2) is 41.3 Å². The minimum absolute atomic E-state index is 0.159. The highest BCUT2D eigenvalue weighted by atomic mass is 35.5. The fourth-order valence-electron chi connectivity index (χ4n) is 4.34. The van der Waals surface area contributed by atoms with Crippen LogP contribution in [0, 0.1) is 11.3 Å². The van der Waals surface area contributed by atoms with Crippen molar-refractivity contribution in [2.45, 2.75) is 38.4 Å². The van der Waals surface area contributed by atoms with Gasteiger partial charge in [-0.05, 0) is 55.3 Å². The number of rotatable bonds is 7. The third kappa shape index (κ3) is 4.81. The average Bonchev–Trinajstić information content (AvgIpc) is 2.83. The first-order chi connectivity index (χ1) is 15.6. The molecule has 1 unspecified atom stereocenters. The molecule has 0 saturated carbocycles. The van der Waals surface area contributed by atoms with Crippen molar-refractivity contribution in [3.05, 3.63) is 64.3 Å². The third-order valence-corrected chi connectivity index (χ3v) is 6.39. The Morgan fingerprint density at radius 3 is 2.91 bits per heavy atom. The molecule has 2 N–H and O–H groups in total. The van der Waals surface area contributed by atoms with Gasteiger partial charge in [0.1, 0.15) is 5.75 Å². The van der Waals surface area contributed by atoms with Crippen molar-refractivity contribution in [2.24, 2.45) is 0 Å². The van der Waals surface area contributed by atoms with Gasteiger partial charge in [-0.15, -0.1) is 0 Å². The number of ether oxygens (including phenoxy) is 1. The molecule has 0 amide bonds. The van der Waals surface area contributed by atoms with Crippen LogP contribution in [0.1, 0.15) is 36.0 Å². The Hall–Kier alpha value is -2.85. The van der Waals surface area contributed by atoms with E-state index in [2.05, 4.69) is 21.3 Å². The fraction of sp³-hybridized carbons (Fsp3) is 0.360. The van der Waals surface area contributed by atoms with Crippen LogP contribution in [0.25, 0.3) is 10.9 Å². The molecule has 2 heterocycles. The molecule has 1 aromatic heterocycles. The number of hydrogen-bond acceptors (Lipinski definition) is 6. The number of methoxy groups -OCH3 is 1. The second-order valence-electron chi connectivity index (χ2n) is 8.13. The van der Waals surface area contributed by atoms with E-state index >= 15 is 0 Å². The predicted molar refractivity (Wildman–Crippen MR) is 127 cm³/mol. The van der Waals surface area contributed by atoms with Gasteiger partial charge in [-0.25, -0.2) is 0 Å². The molecule has 0 bridgehead atoms. The maximum Gasteiger partial charge on any atom is 0.137 e.